The molecule has 0 radical (unpaired) electrons. The fourth-order valence-corrected chi connectivity index (χ4v) is 3.46. The molecule has 0 fully saturated rings. The zero-order valence-electron chi connectivity index (χ0n) is 14.4. The summed E-state index contributed by atoms with van der Waals surface area (Å²) in [6.45, 7) is 0.204. The number of benzene rings is 2. The Kier molecular flexibility index (Phi) is 5.73. The average molecular weight is 449 g/mol. The van der Waals surface area contributed by atoms with Crippen LogP contribution in [0.1, 0.15) is 15.9 Å². The molecule has 0 aliphatic carbocycles. The molecular formula is C18H17BrN4O3S. The van der Waals surface area contributed by atoms with Crippen molar-refractivity contribution in [3.8, 4) is 5.69 Å². The summed E-state index contributed by atoms with van der Waals surface area (Å²) in [5, 5.41) is 6.97. The van der Waals surface area contributed by atoms with Crippen molar-refractivity contribution in [1.29, 1.82) is 0 Å². The van der Waals surface area contributed by atoms with Crippen molar-refractivity contribution < 1.29 is 13.2 Å². The summed E-state index contributed by atoms with van der Waals surface area (Å²) in [6.07, 6.45) is 3.12. The van der Waals surface area contributed by atoms with Crippen LogP contribution in [0.5, 0.6) is 0 Å². The third-order valence-corrected chi connectivity index (χ3v) is 5.81. The van der Waals surface area contributed by atoms with Gasteiger partial charge in [0.2, 0.25) is 10.0 Å². The van der Waals surface area contributed by atoms with Gasteiger partial charge in [0.15, 0.2) is 0 Å². The molecule has 0 saturated carbocycles. The molecule has 1 aromatic heterocycles. The molecule has 1 amide bonds. The first-order chi connectivity index (χ1) is 12.9. The van der Waals surface area contributed by atoms with Gasteiger partial charge in [-0.25, -0.2) is 17.8 Å². The standard InChI is InChI=1S/C18H17BrN4O3S/c1-20-27(25,26)17-4-2-3-13(9-17)10-21-18(24)14-11-22-23(12-14)16-7-5-15(19)6-8-16/h2-9,11-12,20H,10H2,1H3,(H,21,24). The highest BCUT2D eigenvalue weighted by molar-refractivity contribution is 9.10. The van der Waals surface area contributed by atoms with E-state index in [0.717, 1.165) is 10.2 Å². The Hall–Kier alpha value is -2.49. The van der Waals surface area contributed by atoms with Gasteiger partial charge in [0, 0.05) is 17.2 Å². The molecule has 27 heavy (non-hydrogen) atoms. The molecule has 3 rings (SSSR count). The molecule has 1 heterocycles. The van der Waals surface area contributed by atoms with Gasteiger partial charge in [-0.1, -0.05) is 28.1 Å². The van der Waals surface area contributed by atoms with Crippen LogP contribution in [0.15, 0.2) is 70.3 Å². The zero-order valence-corrected chi connectivity index (χ0v) is 16.8. The third kappa shape index (κ3) is 4.62. The van der Waals surface area contributed by atoms with Crippen LogP contribution in [0.3, 0.4) is 0 Å². The lowest BCUT2D eigenvalue weighted by Crippen LogP contribution is -2.23. The van der Waals surface area contributed by atoms with Crippen molar-refractivity contribution >= 4 is 31.9 Å². The van der Waals surface area contributed by atoms with E-state index in [1.54, 1.807) is 23.0 Å². The molecule has 0 unspecified atom stereocenters. The molecule has 2 aromatic carbocycles. The molecule has 0 aliphatic rings. The van der Waals surface area contributed by atoms with E-state index in [1.165, 1.54) is 25.4 Å². The van der Waals surface area contributed by atoms with Gasteiger partial charge in [-0.3, -0.25) is 4.79 Å². The Morgan fingerprint density at radius 3 is 2.63 bits per heavy atom. The van der Waals surface area contributed by atoms with E-state index >= 15 is 0 Å². The number of halogens is 1. The van der Waals surface area contributed by atoms with Crippen LogP contribution in [0.25, 0.3) is 5.69 Å². The van der Waals surface area contributed by atoms with E-state index in [9.17, 15) is 13.2 Å². The monoisotopic (exact) mass is 448 g/mol. The summed E-state index contributed by atoms with van der Waals surface area (Å²) >= 11 is 3.38. The molecule has 3 aromatic rings. The Morgan fingerprint density at radius 2 is 1.93 bits per heavy atom. The third-order valence-electron chi connectivity index (χ3n) is 3.87. The van der Waals surface area contributed by atoms with E-state index in [2.05, 4.69) is 31.1 Å². The molecule has 0 atom stereocenters. The van der Waals surface area contributed by atoms with Gasteiger partial charge in [0.25, 0.3) is 5.91 Å². The van der Waals surface area contributed by atoms with E-state index in [1.807, 2.05) is 24.3 Å². The van der Waals surface area contributed by atoms with Gasteiger partial charge in [-0.2, -0.15) is 5.10 Å². The first kappa shape index (κ1) is 19.3. The van der Waals surface area contributed by atoms with Gasteiger partial charge in [-0.05, 0) is 49.0 Å². The van der Waals surface area contributed by atoms with Crippen molar-refractivity contribution in [1.82, 2.24) is 19.8 Å². The van der Waals surface area contributed by atoms with Crippen LogP contribution in [0.2, 0.25) is 0 Å². The van der Waals surface area contributed by atoms with Gasteiger partial charge in [0.1, 0.15) is 0 Å². The Balaban J connectivity index is 1.68. The summed E-state index contributed by atoms with van der Waals surface area (Å²) in [5.41, 5.74) is 1.93. The number of nitrogens with one attached hydrogen (secondary N) is 2. The molecule has 0 saturated heterocycles. The smallest absolute Gasteiger partial charge is 0.254 e. The highest BCUT2D eigenvalue weighted by atomic mass is 79.9. The highest BCUT2D eigenvalue weighted by Crippen LogP contribution is 2.14. The van der Waals surface area contributed by atoms with Gasteiger partial charge in [0.05, 0.1) is 22.3 Å². The minimum absolute atomic E-state index is 0.153. The summed E-state index contributed by atoms with van der Waals surface area (Å²) in [4.78, 5) is 12.5. The topological polar surface area (TPSA) is 93.1 Å². The van der Waals surface area contributed by atoms with Gasteiger partial charge < -0.3 is 5.32 Å². The fourth-order valence-electron chi connectivity index (χ4n) is 2.40. The summed E-state index contributed by atoms with van der Waals surface area (Å²) in [7, 11) is -2.17. The maximum absolute atomic E-state index is 12.4. The lowest BCUT2D eigenvalue weighted by Gasteiger charge is -2.07. The van der Waals surface area contributed by atoms with Crippen LogP contribution in [0, 0.1) is 0 Å². The van der Waals surface area contributed by atoms with Crippen LogP contribution in [-0.2, 0) is 16.6 Å². The molecule has 0 spiro atoms. The van der Waals surface area contributed by atoms with Crippen LogP contribution < -0.4 is 10.0 Å². The molecule has 0 bridgehead atoms. The predicted octanol–water partition coefficient (Wildman–Crippen LogP) is 2.47. The Bertz CT molecular complexity index is 1060. The molecule has 0 aliphatic heterocycles. The normalized spacial score (nSPS) is 11.3. The minimum Gasteiger partial charge on any atom is -0.348 e. The number of carbonyl (C=O) groups excluding carboxylic acids is 1. The van der Waals surface area contributed by atoms with Crippen molar-refractivity contribution in [2.75, 3.05) is 7.05 Å². The number of hydrogen-bond donors (Lipinski definition) is 2. The largest absolute Gasteiger partial charge is 0.348 e. The number of amides is 1. The minimum atomic E-state index is -3.52. The quantitative estimate of drug-likeness (QED) is 0.605. The first-order valence-electron chi connectivity index (χ1n) is 8.00. The second kappa shape index (κ2) is 8.03. The van der Waals surface area contributed by atoms with E-state index in [-0.39, 0.29) is 17.3 Å². The van der Waals surface area contributed by atoms with Crippen molar-refractivity contribution in [2.45, 2.75) is 11.4 Å². The fraction of sp³-hybridized carbons (Fsp3) is 0.111. The number of hydrogen-bond acceptors (Lipinski definition) is 4. The second-order valence-electron chi connectivity index (χ2n) is 5.69. The lowest BCUT2D eigenvalue weighted by molar-refractivity contribution is 0.0951. The molecule has 7 nitrogen and oxygen atoms in total. The maximum atomic E-state index is 12.4. The van der Waals surface area contributed by atoms with Crippen LogP contribution in [-0.4, -0.2) is 31.2 Å². The Morgan fingerprint density at radius 1 is 1.19 bits per heavy atom. The second-order valence-corrected chi connectivity index (χ2v) is 8.49. The first-order valence-corrected chi connectivity index (χ1v) is 10.3. The number of rotatable bonds is 6. The van der Waals surface area contributed by atoms with Gasteiger partial charge in [-0.15, -0.1) is 0 Å². The molecule has 9 heteroatoms. The number of aromatic nitrogens is 2. The van der Waals surface area contributed by atoms with E-state index in [0.29, 0.717) is 11.1 Å². The van der Waals surface area contributed by atoms with Gasteiger partial charge >= 0.3 is 0 Å². The Labute approximate surface area is 165 Å². The van der Waals surface area contributed by atoms with Crippen molar-refractivity contribution in [3.05, 3.63) is 76.5 Å². The van der Waals surface area contributed by atoms with Crippen LogP contribution in [0.4, 0.5) is 0 Å². The summed E-state index contributed by atoms with van der Waals surface area (Å²) in [6, 6.07) is 14.0. The lowest BCUT2D eigenvalue weighted by atomic mass is 10.2. The predicted molar refractivity (Wildman–Crippen MR) is 105 cm³/mol. The average Bonchev–Trinajstić information content (AvgIpc) is 3.17. The molecule has 140 valence electrons. The number of nitrogens with zero attached hydrogens (tertiary/aromatic N) is 2. The molecule has 2 N–H and O–H groups in total. The number of sulfonamides is 1. The van der Waals surface area contributed by atoms with Crippen molar-refractivity contribution in [3.63, 3.8) is 0 Å². The maximum Gasteiger partial charge on any atom is 0.254 e. The molecular weight excluding hydrogens is 432 g/mol. The summed E-state index contributed by atoms with van der Waals surface area (Å²) < 4.78 is 28.6. The van der Waals surface area contributed by atoms with Crippen LogP contribution >= 0.6 is 15.9 Å². The highest BCUT2D eigenvalue weighted by Gasteiger charge is 2.13. The summed E-state index contributed by atoms with van der Waals surface area (Å²) in [5.74, 6) is -0.291. The number of carbonyl (C=O) groups is 1. The zero-order chi connectivity index (χ0) is 19.4. The van der Waals surface area contributed by atoms with E-state index < -0.39 is 10.0 Å². The SMILES string of the molecule is CNS(=O)(=O)c1cccc(CNC(=O)c2cnn(-c3ccc(Br)cc3)c2)c1. The van der Waals surface area contributed by atoms with E-state index in [4.69, 9.17) is 0 Å². The van der Waals surface area contributed by atoms with Crippen molar-refractivity contribution in [2.24, 2.45) is 0 Å².